The summed E-state index contributed by atoms with van der Waals surface area (Å²) in [5, 5.41) is 10.1. The lowest BCUT2D eigenvalue weighted by atomic mass is 9.87. The van der Waals surface area contributed by atoms with Crippen LogP contribution in [-0.4, -0.2) is 59.8 Å². The van der Waals surface area contributed by atoms with E-state index >= 15 is 0 Å². The summed E-state index contributed by atoms with van der Waals surface area (Å²) in [6.45, 7) is 12.5. The minimum absolute atomic E-state index is 0.0198. The van der Waals surface area contributed by atoms with Crippen LogP contribution in [0.3, 0.4) is 0 Å². The van der Waals surface area contributed by atoms with Gasteiger partial charge in [-0.25, -0.2) is 0 Å². The maximum Gasteiger partial charge on any atom is 0.0600 e. The molecule has 2 atom stereocenters. The molecule has 0 saturated carbocycles. The molecule has 2 unspecified atom stereocenters. The van der Waals surface area contributed by atoms with Crippen molar-refractivity contribution >= 4 is 0 Å². The average molecular weight is 268 g/mol. The van der Waals surface area contributed by atoms with Crippen molar-refractivity contribution in [1.29, 1.82) is 0 Å². The Morgan fingerprint density at radius 3 is 2.42 bits per heavy atom. The number of rotatable bonds is 4. The first kappa shape index (κ1) is 15.3. The topological polar surface area (TPSA) is 26.7 Å². The van der Waals surface area contributed by atoms with Gasteiger partial charge in [0.05, 0.1) is 6.10 Å². The zero-order chi connectivity index (χ0) is 13.9. The predicted octanol–water partition coefficient (Wildman–Crippen LogP) is 2.34. The minimum atomic E-state index is -0.179. The molecule has 0 aromatic carbocycles. The molecule has 0 aliphatic carbocycles. The van der Waals surface area contributed by atoms with Gasteiger partial charge in [0.15, 0.2) is 0 Å². The van der Waals surface area contributed by atoms with Crippen LogP contribution in [0.4, 0.5) is 0 Å². The molecular formula is C16H32N2O. The first-order valence-corrected chi connectivity index (χ1v) is 8.11. The Bertz CT molecular complexity index is 268. The summed E-state index contributed by atoms with van der Waals surface area (Å²) in [6.07, 6.45) is 6.26. The third-order valence-electron chi connectivity index (χ3n) is 4.87. The van der Waals surface area contributed by atoms with E-state index in [1.54, 1.807) is 0 Å². The molecule has 0 radical (unpaired) electrons. The highest BCUT2D eigenvalue weighted by molar-refractivity contribution is 4.85. The van der Waals surface area contributed by atoms with Gasteiger partial charge in [0.1, 0.15) is 0 Å². The number of likely N-dealkylation sites (tertiary alicyclic amines) is 2. The lowest BCUT2D eigenvalue weighted by molar-refractivity contribution is 0.0468. The van der Waals surface area contributed by atoms with Crippen LogP contribution in [-0.2, 0) is 0 Å². The Kier molecular flexibility index (Phi) is 5.27. The predicted molar refractivity (Wildman–Crippen MR) is 80.3 cm³/mol. The third-order valence-corrected chi connectivity index (χ3v) is 4.87. The fourth-order valence-electron chi connectivity index (χ4n) is 3.33. The Hall–Kier alpha value is -0.120. The summed E-state index contributed by atoms with van der Waals surface area (Å²) in [4.78, 5) is 5.25. The van der Waals surface area contributed by atoms with Crippen LogP contribution in [0, 0.1) is 5.41 Å². The van der Waals surface area contributed by atoms with Crippen molar-refractivity contribution in [3.63, 3.8) is 0 Å². The fourth-order valence-corrected chi connectivity index (χ4v) is 3.33. The van der Waals surface area contributed by atoms with Crippen LogP contribution in [0.2, 0.25) is 0 Å². The molecule has 0 bridgehead atoms. The SMILES string of the molecule is CC(C)(C)C(O)CCN1CCC(N2CCCCC2)C1. The molecule has 0 amide bonds. The van der Waals surface area contributed by atoms with E-state index in [1.165, 1.54) is 51.9 Å². The molecule has 1 N–H and O–H groups in total. The zero-order valence-corrected chi connectivity index (χ0v) is 13.1. The Labute approximate surface area is 119 Å². The Balaban J connectivity index is 1.70. The molecule has 112 valence electrons. The Morgan fingerprint density at radius 2 is 1.79 bits per heavy atom. The van der Waals surface area contributed by atoms with Crippen molar-refractivity contribution in [2.75, 3.05) is 32.7 Å². The molecule has 0 aromatic rings. The molecule has 3 nitrogen and oxygen atoms in total. The first-order chi connectivity index (χ1) is 8.97. The monoisotopic (exact) mass is 268 g/mol. The van der Waals surface area contributed by atoms with Crippen molar-refractivity contribution in [2.45, 2.75) is 65.0 Å². The fraction of sp³-hybridized carbons (Fsp3) is 1.00. The maximum atomic E-state index is 10.1. The summed E-state index contributed by atoms with van der Waals surface area (Å²) >= 11 is 0. The van der Waals surface area contributed by atoms with Crippen LogP contribution in [0.5, 0.6) is 0 Å². The quantitative estimate of drug-likeness (QED) is 0.848. The van der Waals surface area contributed by atoms with Crippen LogP contribution in [0.15, 0.2) is 0 Å². The molecule has 3 heteroatoms. The van der Waals surface area contributed by atoms with Crippen molar-refractivity contribution < 1.29 is 5.11 Å². The minimum Gasteiger partial charge on any atom is -0.393 e. The van der Waals surface area contributed by atoms with Gasteiger partial charge in [0.2, 0.25) is 0 Å². The van der Waals surface area contributed by atoms with Crippen molar-refractivity contribution in [1.82, 2.24) is 9.80 Å². The van der Waals surface area contributed by atoms with E-state index in [0.717, 1.165) is 19.0 Å². The number of nitrogens with zero attached hydrogens (tertiary/aromatic N) is 2. The van der Waals surface area contributed by atoms with Gasteiger partial charge in [-0.2, -0.15) is 0 Å². The molecule has 19 heavy (non-hydrogen) atoms. The lowest BCUT2D eigenvalue weighted by Crippen LogP contribution is -2.41. The lowest BCUT2D eigenvalue weighted by Gasteiger charge is -2.32. The normalized spacial score (nSPS) is 28.7. The first-order valence-electron chi connectivity index (χ1n) is 8.11. The van der Waals surface area contributed by atoms with Gasteiger partial charge in [-0.15, -0.1) is 0 Å². The second kappa shape index (κ2) is 6.55. The van der Waals surface area contributed by atoms with Gasteiger partial charge < -0.3 is 10.0 Å². The van der Waals surface area contributed by atoms with Crippen molar-refractivity contribution in [2.24, 2.45) is 5.41 Å². The number of piperidine rings is 1. The molecule has 0 spiro atoms. The third kappa shape index (κ3) is 4.44. The van der Waals surface area contributed by atoms with E-state index in [2.05, 4.69) is 30.6 Å². The number of aliphatic hydroxyl groups is 1. The van der Waals surface area contributed by atoms with E-state index < -0.39 is 0 Å². The molecule has 2 fully saturated rings. The maximum absolute atomic E-state index is 10.1. The van der Waals surface area contributed by atoms with E-state index in [0.29, 0.717) is 0 Å². The average Bonchev–Trinajstić information content (AvgIpc) is 2.84. The molecule has 2 aliphatic rings. The van der Waals surface area contributed by atoms with Crippen LogP contribution in [0.25, 0.3) is 0 Å². The summed E-state index contributed by atoms with van der Waals surface area (Å²) in [7, 11) is 0. The standard InChI is InChI=1S/C16H32N2O/c1-16(2,3)15(19)8-12-17-11-7-14(13-17)18-9-5-4-6-10-18/h14-15,19H,4-13H2,1-3H3. The summed E-state index contributed by atoms with van der Waals surface area (Å²) in [5.41, 5.74) is 0.0198. The van der Waals surface area contributed by atoms with E-state index in [1.807, 2.05) is 0 Å². The smallest absolute Gasteiger partial charge is 0.0600 e. The van der Waals surface area contributed by atoms with Gasteiger partial charge in [0.25, 0.3) is 0 Å². The highest BCUT2D eigenvalue weighted by Gasteiger charge is 2.29. The highest BCUT2D eigenvalue weighted by Crippen LogP contribution is 2.24. The van der Waals surface area contributed by atoms with Gasteiger partial charge in [-0.3, -0.25) is 4.90 Å². The van der Waals surface area contributed by atoms with Crippen LogP contribution < -0.4 is 0 Å². The molecule has 2 saturated heterocycles. The zero-order valence-electron chi connectivity index (χ0n) is 13.1. The summed E-state index contributed by atoms with van der Waals surface area (Å²) in [5.74, 6) is 0. The Morgan fingerprint density at radius 1 is 1.11 bits per heavy atom. The number of hydrogen-bond donors (Lipinski definition) is 1. The molecule has 2 rings (SSSR count). The van der Waals surface area contributed by atoms with Crippen molar-refractivity contribution in [3.05, 3.63) is 0 Å². The van der Waals surface area contributed by atoms with Crippen LogP contribution >= 0.6 is 0 Å². The largest absolute Gasteiger partial charge is 0.393 e. The van der Waals surface area contributed by atoms with Gasteiger partial charge in [-0.05, 0) is 50.7 Å². The van der Waals surface area contributed by atoms with E-state index in [4.69, 9.17) is 0 Å². The number of aliphatic hydroxyl groups excluding tert-OH is 1. The van der Waals surface area contributed by atoms with Gasteiger partial charge >= 0.3 is 0 Å². The molecular weight excluding hydrogens is 236 g/mol. The summed E-state index contributed by atoms with van der Waals surface area (Å²) < 4.78 is 0. The van der Waals surface area contributed by atoms with E-state index in [-0.39, 0.29) is 11.5 Å². The number of hydrogen-bond acceptors (Lipinski definition) is 3. The van der Waals surface area contributed by atoms with Crippen molar-refractivity contribution in [3.8, 4) is 0 Å². The van der Waals surface area contributed by atoms with Gasteiger partial charge in [0, 0.05) is 19.1 Å². The second-order valence-corrected chi connectivity index (χ2v) is 7.51. The molecule has 0 aromatic heterocycles. The summed E-state index contributed by atoms with van der Waals surface area (Å²) in [6, 6.07) is 0.784. The highest BCUT2D eigenvalue weighted by atomic mass is 16.3. The van der Waals surface area contributed by atoms with Crippen LogP contribution in [0.1, 0.15) is 52.9 Å². The second-order valence-electron chi connectivity index (χ2n) is 7.51. The molecule has 2 aliphatic heterocycles. The van der Waals surface area contributed by atoms with E-state index in [9.17, 15) is 5.11 Å². The van der Waals surface area contributed by atoms with Gasteiger partial charge in [-0.1, -0.05) is 27.2 Å². The molecule has 2 heterocycles.